The SMILES string of the molecule is CC(C)(C)C1CCC(NC2CCOC3(CCS(=O)(=O)C3)C2)CC1. The zero-order valence-corrected chi connectivity index (χ0v) is 15.8. The molecular weight excluding hydrogens is 310 g/mol. The first-order valence-electron chi connectivity index (χ1n) is 9.28. The third-order valence-electron chi connectivity index (χ3n) is 6.27. The second-order valence-electron chi connectivity index (χ2n) is 9.14. The topological polar surface area (TPSA) is 55.4 Å². The maximum atomic E-state index is 11.8. The van der Waals surface area contributed by atoms with Crippen LogP contribution in [0, 0.1) is 11.3 Å². The van der Waals surface area contributed by atoms with Crippen LogP contribution in [0.1, 0.15) is 65.7 Å². The Hall–Kier alpha value is -0.130. The molecule has 0 amide bonds. The Morgan fingerprint density at radius 1 is 1.04 bits per heavy atom. The zero-order chi connectivity index (χ0) is 16.7. The summed E-state index contributed by atoms with van der Waals surface area (Å²) in [5, 5.41) is 3.83. The number of hydrogen-bond acceptors (Lipinski definition) is 4. The van der Waals surface area contributed by atoms with Crippen molar-refractivity contribution in [3.63, 3.8) is 0 Å². The number of hydrogen-bond donors (Lipinski definition) is 1. The molecule has 2 heterocycles. The van der Waals surface area contributed by atoms with Gasteiger partial charge in [0.15, 0.2) is 9.84 Å². The highest BCUT2D eigenvalue weighted by atomic mass is 32.2. The normalized spacial score (nSPS) is 41.3. The molecule has 134 valence electrons. The summed E-state index contributed by atoms with van der Waals surface area (Å²) >= 11 is 0. The van der Waals surface area contributed by atoms with Crippen molar-refractivity contribution in [2.24, 2.45) is 11.3 Å². The molecule has 1 aliphatic carbocycles. The predicted octanol–water partition coefficient (Wildman–Crippen LogP) is 2.92. The van der Waals surface area contributed by atoms with E-state index < -0.39 is 15.4 Å². The van der Waals surface area contributed by atoms with E-state index in [-0.39, 0.29) is 5.75 Å². The smallest absolute Gasteiger partial charge is 0.153 e. The number of sulfone groups is 1. The number of rotatable bonds is 2. The molecule has 0 radical (unpaired) electrons. The maximum absolute atomic E-state index is 11.8. The minimum Gasteiger partial charge on any atom is -0.374 e. The van der Waals surface area contributed by atoms with Gasteiger partial charge in [0.1, 0.15) is 0 Å². The van der Waals surface area contributed by atoms with Crippen molar-refractivity contribution >= 4 is 9.84 Å². The van der Waals surface area contributed by atoms with Crippen LogP contribution in [-0.4, -0.2) is 44.2 Å². The van der Waals surface area contributed by atoms with Gasteiger partial charge in [-0.1, -0.05) is 20.8 Å². The van der Waals surface area contributed by atoms with Gasteiger partial charge in [0.25, 0.3) is 0 Å². The van der Waals surface area contributed by atoms with E-state index in [9.17, 15) is 8.42 Å². The molecule has 3 rings (SSSR count). The predicted molar refractivity (Wildman–Crippen MR) is 93.3 cm³/mol. The van der Waals surface area contributed by atoms with Crippen molar-refractivity contribution in [2.45, 2.75) is 83.4 Å². The highest BCUT2D eigenvalue weighted by Gasteiger charge is 2.46. The maximum Gasteiger partial charge on any atom is 0.153 e. The Morgan fingerprint density at radius 3 is 2.30 bits per heavy atom. The monoisotopic (exact) mass is 343 g/mol. The van der Waals surface area contributed by atoms with E-state index in [2.05, 4.69) is 26.1 Å². The third kappa shape index (κ3) is 4.29. The summed E-state index contributed by atoms with van der Waals surface area (Å²) in [7, 11) is -2.89. The summed E-state index contributed by atoms with van der Waals surface area (Å²) in [5.74, 6) is 1.37. The lowest BCUT2D eigenvalue weighted by molar-refractivity contribution is -0.0723. The molecule has 1 spiro atoms. The fourth-order valence-corrected chi connectivity index (χ4v) is 6.77. The van der Waals surface area contributed by atoms with Crippen LogP contribution >= 0.6 is 0 Å². The Bertz CT molecular complexity index is 517. The molecule has 1 N–H and O–H groups in total. The quantitative estimate of drug-likeness (QED) is 0.837. The second kappa shape index (κ2) is 6.30. The van der Waals surface area contributed by atoms with E-state index >= 15 is 0 Å². The van der Waals surface area contributed by atoms with Gasteiger partial charge in [0, 0.05) is 18.7 Å². The lowest BCUT2D eigenvalue weighted by Crippen LogP contribution is -2.51. The average molecular weight is 344 g/mol. The zero-order valence-electron chi connectivity index (χ0n) is 14.9. The van der Waals surface area contributed by atoms with Crippen molar-refractivity contribution < 1.29 is 13.2 Å². The van der Waals surface area contributed by atoms with Gasteiger partial charge in [-0.2, -0.15) is 0 Å². The first kappa shape index (κ1) is 17.7. The molecule has 0 aromatic rings. The van der Waals surface area contributed by atoms with Crippen molar-refractivity contribution in [1.29, 1.82) is 0 Å². The van der Waals surface area contributed by atoms with E-state index in [0.29, 0.717) is 36.3 Å². The molecule has 3 aliphatic rings. The number of nitrogens with one attached hydrogen (secondary N) is 1. The van der Waals surface area contributed by atoms with Crippen LogP contribution in [0.25, 0.3) is 0 Å². The van der Waals surface area contributed by atoms with Crippen LogP contribution < -0.4 is 5.32 Å². The van der Waals surface area contributed by atoms with Crippen LogP contribution in [0.5, 0.6) is 0 Å². The molecular formula is C18H33NO3S. The van der Waals surface area contributed by atoms with Gasteiger partial charge in [0.05, 0.1) is 17.1 Å². The molecule has 3 fully saturated rings. The third-order valence-corrected chi connectivity index (χ3v) is 8.06. The van der Waals surface area contributed by atoms with E-state index in [1.165, 1.54) is 25.7 Å². The lowest BCUT2D eigenvalue weighted by Gasteiger charge is -2.42. The fourth-order valence-electron chi connectivity index (χ4n) is 4.79. The summed E-state index contributed by atoms with van der Waals surface area (Å²) in [4.78, 5) is 0. The molecule has 2 aliphatic heterocycles. The van der Waals surface area contributed by atoms with Crippen molar-refractivity contribution in [3.05, 3.63) is 0 Å². The van der Waals surface area contributed by atoms with Crippen LogP contribution in [-0.2, 0) is 14.6 Å². The average Bonchev–Trinajstić information content (AvgIpc) is 2.73. The van der Waals surface area contributed by atoms with Gasteiger partial charge in [-0.15, -0.1) is 0 Å². The molecule has 0 aromatic heterocycles. The van der Waals surface area contributed by atoms with Gasteiger partial charge < -0.3 is 10.1 Å². The molecule has 0 aromatic carbocycles. The Morgan fingerprint density at radius 2 is 1.74 bits per heavy atom. The molecule has 5 heteroatoms. The minimum absolute atomic E-state index is 0.231. The van der Waals surface area contributed by atoms with E-state index in [1.54, 1.807) is 0 Å². The van der Waals surface area contributed by atoms with Crippen LogP contribution in [0.2, 0.25) is 0 Å². The van der Waals surface area contributed by atoms with Crippen LogP contribution in [0.3, 0.4) is 0 Å². The molecule has 1 saturated carbocycles. The molecule has 2 atom stereocenters. The molecule has 0 bridgehead atoms. The number of ether oxygens (including phenoxy) is 1. The lowest BCUT2D eigenvalue weighted by atomic mass is 9.71. The Labute approximate surface area is 141 Å². The molecule has 2 saturated heterocycles. The highest BCUT2D eigenvalue weighted by Crippen LogP contribution is 2.39. The van der Waals surface area contributed by atoms with Crippen LogP contribution in [0.15, 0.2) is 0 Å². The van der Waals surface area contributed by atoms with Crippen molar-refractivity contribution in [1.82, 2.24) is 5.32 Å². The Kier molecular flexibility index (Phi) is 4.85. The highest BCUT2D eigenvalue weighted by molar-refractivity contribution is 7.91. The summed E-state index contributed by atoms with van der Waals surface area (Å²) < 4.78 is 29.6. The molecule has 4 nitrogen and oxygen atoms in total. The van der Waals surface area contributed by atoms with Crippen molar-refractivity contribution in [2.75, 3.05) is 18.1 Å². The van der Waals surface area contributed by atoms with E-state index in [1.807, 2.05) is 0 Å². The minimum atomic E-state index is -2.89. The van der Waals surface area contributed by atoms with Crippen molar-refractivity contribution in [3.8, 4) is 0 Å². The summed E-state index contributed by atoms with van der Waals surface area (Å²) in [6, 6.07) is 1.03. The first-order chi connectivity index (χ1) is 10.7. The molecule has 23 heavy (non-hydrogen) atoms. The Balaban J connectivity index is 1.52. The standard InChI is InChI=1S/C18H33NO3S/c1-17(2,3)14-4-6-15(7-5-14)19-16-8-10-22-18(12-16)9-11-23(20,21)13-18/h14-16,19H,4-13H2,1-3H3. The molecule has 2 unspecified atom stereocenters. The van der Waals surface area contributed by atoms with Gasteiger partial charge in [-0.25, -0.2) is 8.42 Å². The van der Waals surface area contributed by atoms with Gasteiger partial charge in [-0.05, 0) is 56.3 Å². The summed E-state index contributed by atoms with van der Waals surface area (Å²) in [6.45, 7) is 7.76. The van der Waals surface area contributed by atoms with E-state index in [0.717, 1.165) is 18.8 Å². The van der Waals surface area contributed by atoms with Gasteiger partial charge >= 0.3 is 0 Å². The van der Waals surface area contributed by atoms with Crippen LogP contribution in [0.4, 0.5) is 0 Å². The van der Waals surface area contributed by atoms with E-state index in [4.69, 9.17) is 4.74 Å². The largest absolute Gasteiger partial charge is 0.374 e. The summed E-state index contributed by atoms with van der Waals surface area (Å²) in [5.41, 5.74) is 0.0310. The first-order valence-corrected chi connectivity index (χ1v) is 11.1. The summed E-state index contributed by atoms with van der Waals surface area (Å²) in [6.07, 6.45) is 7.69. The van der Waals surface area contributed by atoms with Gasteiger partial charge in [0.2, 0.25) is 0 Å². The van der Waals surface area contributed by atoms with Gasteiger partial charge in [-0.3, -0.25) is 0 Å². The second-order valence-corrected chi connectivity index (χ2v) is 11.3. The fraction of sp³-hybridized carbons (Fsp3) is 1.00.